The summed E-state index contributed by atoms with van der Waals surface area (Å²) in [4.78, 5) is 0. The lowest BCUT2D eigenvalue weighted by atomic mass is 9.67. The summed E-state index contributed by atoms with van der Waals surface area (Å²) in [7, 11) is 0. The molecule has 0 heterocycles. The van der Waals surface area contributed by atoms with Gasteiger partial charge in [0.15, 0.2) is 0 Å². The van der Waals surface area contributed by atoms with E-state index in [1.165, 1.54) is 178 Å². The molecule has 0 saturated carbocycles. The van der Waals surface area contributed by atoms with Crippen LogP contribution in [0, 0.1) is 0 Å². The highest BCUT2D eigenvalue weighted by Gasteiger charge is 2.46. The number of hydrogen-bond acceptors (Lipinski definition) is 0. The van der Waals surface area contributed by atoms with Gasteiger partial charge in [-0.15, -0.1) is 0 Å². The van der Waals surface area contributed by atoms with Crippen LogP contribution in [0.15, 0.2) is 449 Å². The van der Waals surface area contributed by atoms with E-state index in [1.807, 2.05) is 0 Å². The standard InChI is InChI=1S/C57H40.C53H40/c1-6-20-41(21-7-1)55(42-22-8-2-9-23-42)56(43-24-10-3-11-25-43)48-29-19-28-46(39-48)44-26-18-27-45(38-44)47-36-37-52-51-34-16-17-35-53(51)57(54(52)40-47,49-30-12-4-13-31-49)50-32-14-5-15-33-50;1-53(2)49-30-13-12-29-47(49)48-32-31-45(36-50(48)53)43-26-15-24-41(34-43)40-23-14-25-42(33-40)44-27-16-28-46(35-44)52(39-21-10-5-11-22-39)51(37-17-6-3-7-18-37)38-19-8-4-9-20-38/h1-40H;3-36H,1-2H3. The van der Waals surface area contributed by atoms with Gasteiger partial charge >= 0.3 is 0 Å². The molecule has 0 nitrogen and oxygen atoms in total. The molecule has 2 aliphatic carbocycles. The van der Waals surface area contributed by atoms with Crippen LogP contribution < -0.4 is 0 Å². The molecule has 0 heteroatoms. The van der Waals surface area contributed by atoms with Crippen molar-refractivity contribution in [1.82, 2.24) is 0 Å². The predicted octanol–water partition coefficient (Wildman–Crippen LogP) is 28.4. The average Bonchev–Trinajstić information content (AvgIpc) is 1.52. The molecule has 0 aromatic heterocycles. The number of benzene rings is 17. The third-order valence-electron chi connectivity index (χ3n) is 22.5. The Labute approximate surface area is 647 Å². The molecule has 17 aromatic carbocycles. The normalized spacial score (nSPS) is 12.4. The van der Waals surface area contributed by atoms with Crippen LogP contribution in [0.4, 0.5) is 0 Å². The molecule has 110 heavy (non-hydrogen) atoms. The SMILES string of the molecule is CC1(C)c2ccccc2-c2ccc(-c3cccc(-c4cccc(-c5cccc(C(=C(c6ccccc6)c6ccccc6)c6ccccc6)c5)c4)c3)cc21.c1ccc(C(=C(c2ccccc2)c2cccc(-c3cccc(-c4ccc5c(c4)C(c4ccccc4)(c4ccccc4)c4ccccc4-5)c3)c2)c2ccccc2)cc1. The van der Waals surface area contributed by atoms with Gasteiger partial charge in [-0.1, -0.05) is 420 Å². The zero-order chi connectivity index (χ0) is 73.8. The minimum atomic E-state index is -0.439. The molecule has 0 spiro atoms. The summed E-state index contributed by atoms with van der Waals surface area (Å²) >= 11 is 0. The Bertz CT molecular complexity index is 6110. The maximum atomic E-state index is 2.45. The second-order valence-corrected chi connectivity index (χ2v) is 29.3. The Morgan fingerprint density at radius 1 is 0.155 bits per heavy atom. The molecule has 520 valence electrons. The monoisotopic (exact) mass is 1400 g/mol. The first-order chi connectivity index (χ1) is 54.3. The second-order valence-electron chi connectivity index (χ2n) is 29.3. The molecule has 0 fully saturated rings. The third kappa shape index (κ3) is 12.9. The Balaban J connectivity index is 0.000000155. The number of fused-ring (bicyclic) bond motifs is 6. The topological polar surface area (TPSA) is 0 Å². The van der Waals surface area contributed by atoms with Gasteiger partial charge in [-0.2, -0.15) is 0 Å². The summed E-state index contributed by atoms with van der Waals surface area (Å²) in [6, 6.07) is 164. The number of rotatable bonds is 15. The second kappa shape index (κ2) is 29.9. The van der Waals surface area contributed by atoms with Crippen molar-refractivity contribution >= 4 is 22.3 Å². The Kier molecular flexibility index (Phi) is 18.5. The molecule has 2 aliphatic rings. The number of hydrogen-bond donors (Lipinski definition) is 0. The van der Waals surface area contributed by atoms with Crippen molar-refractivity contribution < 1.29 is 0 Å². The first-order valence-corrected chi connectivity index (χ1v) is 38.3. The molecule has 0 saturated heterocycles. The van der Waals surface area contributed by atoms with E-state index >= 15 is 0 Å². The molecular weight excluding hydrogens is 1320 g/mol. The first-order valence-electron chi connectivity index (χ1n) is 38.3. The maximum Gasteiger partial charge on any atom is 0.0713 e. The van der Waals surface area contributed by atoms with Crippen molar-refractivity contribution in [2.24, 2.45) is 0 Å². The lowest BCUT2D eigenvalue weighted by Gasteiger charge is -2.34. The molecule has 0 bridgehead atoms. The van der Waals surface area contributed by atoms with Gasteiger partial charge in [0, 0.05) is 5.41 Å². The molecule has 0 aliphatic heterocycles. The quantitative estimate of drug-likeness (QED) is 0.0898. The lowest BCUT2D eigenvalue weighted by Crippen LogP contribution is -2.28. The highest BCUT2D eigenvalue weighted by Crippen LogP contribution is 2.57. The Morgan fingerprint density at radius 3 is 0.727 bits per heavy atom. The Morgan fingerprint density at radius 2 is 0.382 bits per heavy atom. The highest BCUT2D eigenvalue weighted by atomic mass is 14.5. The molecule has 0 N–H and O–H groups in total. The minimum Gasteiger partial charge on any atom is -0.0622 e. The first kappa shape index (κ1) is 68.1. The zero-order valence-electron chi connectivity index (χ0n) is 61.7. The van der Waals surface area contributed by atoms with Crippen LogP contribution >= 0.6 is 0 Å². The summed E-state index contributed by atoms with van der Waals surface area (Å²) in [6.45, 7) is 4.70. The maximum absolute atomic E-state index is 2.45. The van der Waals surface area contributed by atoms with E-state index in [0.29, 0.717) is 0 Å². The van der Waals surface area contributed by atoms with Crippen LogP contribution in [0.25, 0.3) is 100 Å². The van der Waals surface area contributed by atoms with Crippen LogP contribution in [0.5, 0.6) is 0 Å². The van der Waals surface area contributed by atoms with Crippen molar-refractivity contribution in [3.8, 4) is 77.9 Å². The van der Waals surface area contributed by atoms with Crippen molar-refractivity contribution in [2.45, 2.75) is 24.7 Å². The van der Waals surface area contributed by atoms with Crippen LogP contribution in [0.3, 0.4) is 0 Å². The van der Waals surface area contributed by atoms with E-state index in [2.05, 4.69) is 463 Å². The lowest BCUT2D eigenvalue weighted by molar-refractivity contribution is 0.660. The van der Waals surface area contributed by atoms with E-state index in [0.717, 1.165) is 0 Å². The van der Waals surface area contributed by atoms with Gasteiger partial charge in [0.1, 0.15) is 0 Å². The highest BCUT2D eigenvalue weighted by molar-refractivity contribution is 6.06. The van der Waals surface area contributed by atoms with Gasteiger partial charge < -0.3 is 0 Å². The summed E-state index contributed by atoms with van der Waals surface area (Å²) in [6.07, 6.45) is 0. The van der Waals surface area contributed by atoms with Crippen LogP contribution in [-0.4, -0.2) is 0 Å². The van der Waals surface area contributed by atoms with E-state index in [1.54, 1.807) is 0 Å². The molecule has 0 amide bonds. The smallest absolute Gasteiger partial charge is 0.0622 e. The predicted molar refractivity (Wildman–Crippen MR) is 464 cm³/mol. The summed E-state index contributed by atoms with van der Waals surface area (Å²) < 4.78 is 0. The molecule has 17 aromatic rings. The van der Waals surface area contributed by atoms with E-state index in [4.69, 9.17) is 0 Å². The molecule has 0 atom stereocenters. The molecular formula is C110H80. The van der Waals surface area contributed by atoms with Gasteiger partial charge in [-0.05, 0) is 221 Å². The van der Waals surface area contributed by atoms with Gasteiger partial charge in [0.05, 0.1) is 5.41 Å². The zero-order valence-corrected chi connectivity index (χ0v) is 61.7. The van der Waals surface area contributed by atoms with E-state index in [-0.39, 0.29) is 5.41 Å². The summed E-state index contributed by atoms with van der Waals surface area (Å²) in [5.41, 5.74) is 39.3. The van der Waals surface area contributed by atoms with Crippen LogP contribution in [0.1, 0.15) is 91.7 Å². The largest absolute Gasteiger partial charge is 0.0713 e. The minimum absolute atomic E-state index is 0.0268. The van der Waals surface area contributed by atoms with Crippen molar-refractivity contribution in [3.63, 3.8) is 0 Å². The molecule has 0 unspecified atom stereocenters. The average molecular weight is 1400 g/mol. The van der Waals surface area contributed by atoms with Crippen molar-refractivity contribution in [2.75, 3.05) is 0 Å². The van der Waals surface area contributed by atoms with Crippen LogP contribution in [0.2, 0.25) is 0 Å². The van der Waals surface area contributed by atoms with E-state index in [9.17, 15) is 0 Å². The summed E-state index contributed by atoms with van der Waals surface area (Å²) in [5.74, 6) is 0. The Hall–Kier alpha value is -13.8. The fraction of sp³-hybridized carbons (Fsp3) is 0.0364. The fourth-order valence-corrected chi connectivity index (χ4v) is 17.3. The summed E-state index contributed by atoms with van der Waals surface area (Å²) in [5, 5.41) is 0. The molecule has 0 radical (unpaired) electrons. The molecule has 19 rings (SSSR count). The fourth-order valence-electron chi connectivity index (χ4n) is 17.3. The van der Waals surface area contributed by atoms with Crippen molar-refractivity contribution in [1.29, 1.82) is 0 Å². The third-order valence-corrected chi connectivity index (χ3v) is 22.5. The van der Waals surface area contributed by atoms with Crippen molar-refractivity contribution in [3.05, 3.63) is 527 Å². The van der Waals surface area contributed by atoms with Gasteiger partial charge in [-0.25, -0.2) is 0 Å². The van der Waals surface area contributed by atoms with Gasteiger partial charge in [-0.3, -0.25) is 0 Å². The van der Waals surface area contributed by atoms with Gasteiger partial charge in [0.25, 0.3) is 0 Å². The van der Waals surface area contributed by atoms with E-state index < -0.39 is 5.41 Å². The van der Waals surface area contributed by atoms with Gasteiger partial charge in [0.2, 0.25) is 0 Å². The van der Waals surface area contributed by atoms with Crippen LogP contribution in [-0.2, 0) is 10.8 Å².